The van der Waals surface area contributed by atoms with Crippen LogP contribution in [0.2, 0.25) is 10.0 Å². The maximum Gasteiger partial charge on any atom is 0.351 e. The van der Waals surface area contributed by atoms with E-state index in [1.165, 1.54) is 36.5 Å². The number of nitrogens with zero attached hydrogens (tertiary/aromatic N) is 2. The number of esters is 2. The fourth-order valence-corrected chi connectivity index (χ4v) is 3.96. The van der Waals surface area contributed by atoms with Gasteiger partial charge >= 0.3 is 17.6 Å². The van der Waals surface area contributed by atoms with Crippen molar-refractivity contribution in [2.24, 2.45) is 0 Å². The highest BCUT2D eigenvalue weighted by Crippen LogP contribution is 2.32. The molecule has 0 spiro atoms. The first kappa shape index (κ1) is 27.3. The smallest absolute Gasteiger partial charge is 0.351 e. The van der Waals surface area contributed by atoms with Gasteiger partial charge in [-0.2, -0.15) is 4.98 Å². The number of ether oxygens (including phenoxy) is 3. The lowest BCUT2D eigenvalue weighted by Gasteiger charge is -2.21. The topological polar surface area (TPSA) is 126 Å². The maximum atomic E-state index is 12.8. The SMILES string of the molecule is CCC(=O)Nc1ccn([C@@H]2O[C@H](COC(=O)c3ccc(Cl)cc3)C[C@H]2OC(=O)c2ccc(Cl)cc2)c(=O)n1. The third-order valence-corrected chi connectivity index (χ3v) is 6.16. The minimum atomic E-state index is -1.05. The van der Waals surface area contributed by atoms with E-state index in [9.17, 15) is 19.2 Å². The third-order valence-electron chi connectivity index (χ3n) is 5.66. The van der Waals surface area contributed by atoms with Gasteiger partial charge in [0, 0.05) is 29.1 Å². The molecule has 38 heavy (non-hydrogen) atoms. The summed E-state index contributed by atoms with van der Waals surface area (Å²) in [6.45, 7) is 1.52. The van der Waals surface area contributed by atoms with E-state index in [0.717, 1.165) is 4.57 Å². The molecular weight excluding hydrogens is 537 g/mol. The Morgan fingerprint density at radius 1 is 1.00 bits per heavy atom. The molecule has 1 aliphatic heterocycles. The predicted molar refractivity (Wildman–Crippen MR) is 138 cm³/mol. The first-order valence-corrected chi connectivity index (χ1v) is 12.4. The van der Waals surface area contributed by atoms with Crippen molar-refractivity contribution in [3.63, 3.8) is 0 Å². The second-order valence-corrected chi connectivity index (χ2v) is 9.22. The van der Waals surface area contributed by atoms with Crippen LogP contribution in [-0.4, -0.2) is 46.2 Å². The number of amides is 1. The molecule has 1 N–H and O–H groups in total. The first-order valence-electron chi connectivity index (χ1n) is 11.7. The van der Waals surface area contributed by atoms with E-state index in [0.29, 0.717) is 15.6 Å². The number of rotatable bonds is 8. The number of carbonyl (C=O) groups excluding carboxylic acids is 3. The Bertz CT molecular complexity index is 1380. The second kappa shape index (κ2) is 12.2. The highest BCUT2D eigenvalue weighted by molar-refractivity contribution is 6.31. The van der Waals surface area contributed by atoms with Crippen molar-refractivity contribution >= 4 is 46.9 Å². The maximum absolute atomic E-state index is 12.8. The van der Waals surface area contributed by atoms with Crippen LogP contribution in [-0.2, 0) is 19.0 Å². The van der Waals surface area contributed by atoms with Crippen LogP contribution in [0.15, 0.2) is 65.6 Å². The van der Waals surface area contributed by atoms with Crippen LogP contribution in [0.1, 0.15) is 46.7 Å². The van der Waals surface area contributed by atoms with Crippen LogP contribution < -0.4 is 11.0 Å². The van der Waals surface area contributed by atoms with E-state index >= 15 is 0 Å². The molecule has 1 aromatic heterocycles. The zero-order valence-corrected chi connectivity index (χ0v) is 21.6. The molecule has 0 radical (unpaired) electrons. The predicted octanol–water partition coefficient (Wildman–Crippen LogP) is 4.27. The number of anilines is 1. The van der Waals surface area contributed by atoms with Gasteiger partial charge < -0.3 is 19.5 Å². The van der Waals surface area contributed by atoms with Crippen molar-refractivity contribution in [1.82, 2.24) is 9.55 Å². The van der Waals surface area contributed by atoms with Gasteiger partial charge in [-0.15, -0.1) is 0 Å². The van der Waals surface area contributed by atoms with Crippen molar-refractivity contribution in [3.8, 4) is 0 Å². The number of benzene rings is 2. The molecule has 2 heterocycles. The van der Waals surface area contributed by atoms with Crippen molar-refractivity contribution in [1.29, 1.82) is 0 Å². The van der Waals surface area contributed by atoms with E-state index < -0.39 is 36.1 Å². The number of carbonyl (C=O) groups is 3. The lowest BCUT2D eigenvalue weighted by molar-refractivity contribution is -0.115. The van der Waals surface area contributed by atoms with Crippen molar-refractivity contribution < 1.29 is 28.6 Å². The Kier molecular flexibility index (Phi) is 8.77. The third kappa shape index (κ3) is 6.77. The lowest BCUT2D eigenvalue weighted by Crippen LogP contribution is -2.34. The molecule has 10 nitrogen and oxygen atoms in total. The molecule has 2 aromatic carbocycles. The average Bonchev–Trinajstić information content (AvgIpc) is 3.30. The largest absolute Gasteiger partial charge is 0.459 e. The molecule has 1 amide bonds. The van der Waals surface area contributed by atoms with Crippen LogP contribution in [0.5, 0.6) is 0 Å². The number of halogens is 2. The monoisotopic (exact) mass is 559 g/mol. The molecule has 4 rings (SSSR count). The summed E-state index contributed by atoms with van der Waals surface area (Å²) in [5, 5.41) is 3.45. The molecule has 0 unspecified atom stereocenters. The summed E-state index contributed by atoms with van der Waals surface area (Å²) in [5.74, 6) is -1.45. The van der Waals surface area contributed by atoms with Gasteiger partial charge in [0.25, 0.3) is 0 Å². The van der Waals surface area contributed by atoms with E-state index in [-0.39, 0.29) is 36.7 Å². The van der Waals surface area contributed by atoms with Crippen molar-refractivity contribution in [3.05, 3.63) is 92.5 Å². The molecule has 3 aromatic rings. The molecule has 1 aliphatic rings. The fraction of sp³-hybridized carbons (Fsp3) is 0.269. The van der Waals surface area contributed by atoms with Gasteiger partial charge in [0.05, 0.1) is 17.2 Å². The molecule has 0 saturated carbocycles. The zero-order valence-electron chi connectivity index (χ0n) is 20.1. The summed E-state index contributed by atoms with van der Waals surface area (Å²) >= 11 is 11.8. The Morgan fingerprint density at radius 3 is 2.18 bits per heavy atom. The zero-order chi connectivity index (χ0) is 27.2. The molecule has 0 bridgehead atoms. The lowest BCUT2D eigenvalue weighted by atomic mass is 10.2. The van der Waals surface area contributed by atoms with Crippen LogP contribution in [0.25, 0.3) is 0 Å². The molecule has 1 fully saturated rings. The Hall–Kier alpha value is -3.73. The van der Waals surface area contributed by atoms with Gasteiger partial charge in [0.1, 0.15) is 18.5 Å². The van der Waals surface area contributed by atoms with Gasteiger partial charge in [-0.05, 0) is 54.6 Å². The van der Waals surface area contributed by atoms with E-state index in [2.05, 4.69) is 10.3 Å². The highest BCUT2D eigenvalue weighted by Gasteiger charge is 2.40. The first-order chi connectivity index (χ1) is 18.2. The van der Waals surface area contributed by atoms with E-state index in [4.69, 9.17) is 37.4 Å². The Labute approximate surface area is 227 Å². The fourth-order valence-electron chi connectivity index (χ4n) is 3.71. The molecular formula is C26H23Cl2N3O7. The molecule has 12 heteroatoms. The summed E-state index contributed by atoms with van der Waals surface area (Å²) in [6, 6.07) is 13.8. The van der Waals surface area contributed by atoms with Gasteiger partial charge in [0.15, 0.2) is 6.23 Å². The Balaban J connectivity index is 1.51. The van der Waals surface area contributed by atoms with Crippen LogP contribution >= 0.6 is 23.2 Å². The van der Waals surface area contributed by atoms with E-state index in [1.54, 1.807) is 31.2 Å². The number of aromatic nitrogens is 2. The van der Waals surface area contributed by atoms with Gasteiger partial charge in [-0.3, -0.25) is 9.36 Å². The number of nitrogens with one attached hydrogen (secondary N) is 1. The van der Waals surface area contributed by atoms with Gasteiger partial charge in [-0.25, -0.2) is 14.4 Å². The number of hydrogen-bond donors (Lipinski definition) is 1. The van der Waals surface area contributed by atoms with E-state index in [1.807, 2.05) is 0 Å². The molecule has 3 atom stereocenters. The summed E-state index contributed by atoms with van der Waals surface area (Å²) in [6.07, 6.45) is -0.912. The summed E-state index contributed by atoms with van der Waals surface area (Å²) in [7, 11) is 0. The van der Waals surface area contributed by atoms with Gasteiger partial charge in [-0.1, -0.05) is 30.1 Å². The van der Waals surface area contributed by atoms with Gasteiger partial charge in [0.2, 0.25) is 5.91 Å². The highest BCUT2D eigenvalue weighted by atomic mass is 35.5. The van der Waals surface area contributed by atoms with Crippen molar-refractivity contribution in [2.45, 2.75) is 38.2 Å². The van der Waals surface area contributed by atoms with Crippen molar-refractivity contribution in [2.75, 3.05) is 11.9 Å². The minimum Gasteiger partial charge on any atom is -0.459 e. The average molecular weight is 560 g/mol. The quantitative estimate of drug-likeness (QED) is 0.405. The molecule has 0 aliphatic carbocycles. The summed E-state index contributed by atoms with van der Waals surface area (Å²) in [5.41, 5.74) is -0.163. The molecule has 1 saturated heterocycles. The molecule has 198 valence electrons. The normalized spacial score (nSPS) is 18.6. The minimum absolute atomic E-state index is 0.0826. The van der Waals surface area contributed by atoms with Crippen LogP contribution in [0.3, 0.4) is 0 Å². The Morgan fingerprint density at radius 2 is 1.61 bits per heavy atom. The number of hydrogen-bond acceptors (Lipinski definition) is 8. The van der Waals surface area contributed by atoms with Crippen LogP contribution in [0, 0.1) is 0 Å². The summed E-state index contributed by atoms with van der Waals surface area (Å²) < 4.78 is 18.2. The summed E-state index contributed by atoms with van der Waals surface area (Å²) in [4.78, 5) is 53.5. The standard InChI is InChI=1S/C26H23Cl2N3O7/c1-2-22(32)29-21-11-12-31(26(35)30-21)23-20(38-25(34)16-5-9-18(28)10-6-16)13-19(37-23)14-36-24(33)15-3-7-17(27)8-4-15/h3-12,19-20,23H,2,13-14H2,1H3,(H,29,30,32,35)/t19-,20+,23+/m0/s1. The second-order valence-electron chi connectivity index (χ2n) is 8.34. The van der Waals surface area contributed by atoms with Crippen LogP contribution in [0.4, 0.5) is 5.82 Å².